The Bertz CT molecular complexity index is 669. The number of rotatable bonds is 4. The average molecular weight is 281 g/mol. The van der Waals surface area contributed by atoms with E-state index in [0.29, 0.717) is 0 Å². The fourth-order valence-electron chi connectivity index (χ4n) is 1.88. The number of esters is 1. The highest BCUT2D eigenvalue weighted by atomic mass is 16.5. The van der Waals surface area contributed by atoms with E-state index in [1.54, 1.807) is 0 Å². The number of nitrogens with one attached hydrogen (secondary N) is 1. The van der Waals surface area contributed by atoms with Crippen LogP contribution >= 0.6 is 0 Å². The summed E-state index contributed by atoms with van der Waals surface area (Å²) >= 11 is 0. The first-order valence-corrected chi connectivity index (χ1v) is 6.20. The Morgan fingerprint density at radius 3 is 2.60 bits per heavy atom. The van der Waals surface area contributed by atoms with E-state index in [2.05, 4.69) is 0 Å². The number of aromatic amines is 1. The van der Waals surface area contributed by atoms with Crippen LogP contribution in [0.5, 0.6) is 0 Å². The number of hydrogen-bond acceptors (Lipinski definition) is 6. The van der Waals surface area contributed by atoms with Gasteiger partial charge in [0, 0.05) is 7.05 Å². The zero-order valence-electron chi connectivity index (χ0n) is 11.0. The van der Waals surface area contributed by atoms with Crippen molar-refractivity contribution in [3.63, 3.8) is 0 Å². The van der Waals surface area contributed by atoms with Crippen molar-refractivity contribution in [1.82, 2.24) is 9.55 Å². The lowest BCUT2D eigenvalue weighted by Gasteiger charge is -2.22. The van der Waals surface area contributed by atoms with Crippen molar-refractivity contribution in [3.05, 3.63) is 26.4 Å². The van der Waals surface area contributed by atoms with Crippen molar-refractivity contribution < 1.29 is 14.3 Å². The molecule has 2 rings (SSSR count). The minimum Gasteiger partial charge on any atom is -0.457 e. The van der Waals surface area contributed by atoms with Gasteiger partial charge in [-0.05, 0) is 12.8 Å². The quantitative estimate of drug-likeness (QED) is 0.549. The summed E-state index contributed by atoms with van der Waals surface area (Å²) in [6.07, 6.45) is 2.49. The molecule has 0 saturated heterocycles. The largest absolute Gasteiger partial charge is 0.457 e. The molecule has 0 aromatic carbocycles. The first kappa shape index (κ1) is 14.0. The van der Waals surface area contributed by atoms with Gasteiger partial charge >= 0.3 is 11.7 Å². The van der Waals surface area contributed by atoms with E-state index >= 15 is 0 Å². The lowest BCUT2D eigenvalue weighted by Crippen LogP contribution is -2.36. The van der Waals surface area contributed by atoms with Crippen LogP contribution in [0.3, 0.4) is 0 Å². The average Bonchev–Trinajstić information content (AvgIpc) is 2.31. The van der Waals surface area contributed by atoms with Crippen molar-refractivity contribution in [1.29, 1.82) is 0 Å². The van der Waals surface area contributed by atoms with Crippen LogP contribution < -0.4 is 17.0 Å². The third-order valence-corrected chi connectivity index (χ3v) is 3.43. The van der Waals surface area contributed by atoms with Gasteiger partial charge in [-0.25, -0.2) is 4.79 Å². The molecule has 0 radical (unpaired) electrons. The molecule has 1 aromatic heterocycles. The van der Waals surface area contributed by atoms with Crippen molar-refractivity contribution in [3.8, 4) is 0 Å². The second kappa shape index (κ2) is 5.32. The summed E-state index contributed by atoms with van der Waals surface area (Å²) in [4.78, 5) is 48.2. The normalized spacial score (nSPS) is 14.7. The van der Waals surface area contributed by atoms with E-state index in [0.717, 1.165) is 23.8 Å². The minimum atomic E-state index is -0.879. The highest BCUT2D eigenvalue weighted by Gasteiger charge is 2.28. The molecule has 8 heteroatoms. The molecule has 20 heavy (non-hydrogen) atoms. The summed E-state index contributed by atoms with van der Waals surface area (Å²) in [5.41, 5.74) is 3.61. The third-order valence-electron chi connectivity index (χ3n) is 3.43. The molecular formula is C12H15N3O5. The van der Waals surface area contributed by atoms with E-state index in [9.17, 15) is 19.2 Å². The van der Waals surface area contributed by atoms with Gasteiger partial charge < -0.3 is 10.5 Å². The van der Waals surface area contributed by atoms with Crippen LogP contribution in [0, 0.1) is 5.92 Å². The molecule has 0 amide bonds. The van der Waals surface area contributed by atoms with Crippen LogP contribution in [0.2, 0.25) is 0 Å². The Kier molecular flexibility index (Phi) is 3.73. The number of nitrogens with two attached hydrogens (primary N) is 1. The highest BCUT2D eigenvalue weighted by Crippen LogP contribution is 2.27. The highest BCUT2D eigenvalue weighted by molar-refractivity contribution is 6.01. The van der Waals surface area contributed by atoms with Gasteiger partial charge in [-0.3, -0.25) is 23.9 Å². The molecular weight excluding hydrogens is 266 g/mol. The molecule has 1 aromatic rings. The molecule has 0 aliphatic heterocycles. The third kappa shape index (κ3) is 2.49. The number of H-pyrrole nitrogens is 1. The second-order valence-corrected chi connectivity index (χ2v) is 4.74. The summed E-state index contributed by atoms with van der Waals surface area (Å²) in [5.74, 6) is -1.57. The fourth-order valence-corrected chi connectivity index (χ4v) is 1.88. The van der Waals surface area contributed by atoms with Crippen molar-refractivity contribution in [2.45, 2.75) is 19.3 Å². The molecule has 0 bridgehead atoms. The van der Waals surface area contributed by atoms with Crippen LogP contribution in [0.15, 0.2) is 9.59 Å². The number of nitrogens with zero attached hydrogens (tertiary/aromatic N) is 1. The standard InChI is InChI=1S/C12H15N3O5/c1-15-9(13)8(10(17)14-12(15)19)7(16)5-20-11(18)6-3-2-4-6/h6H,2-5,13H2,1H3,(H,14,17,19). The number of Topliss-reactive ketones (excluding diaryl/α,β-unsaturated/α-hetero) is 1. The van der Waals surface area contributed by atoms with Crippen molar-refractivity contribution >= 4 is 17.6 Å². The van der Waals surface area contributed by atoms with Gasteiger partial charge in [0.15, 0.2) is 6.61 Å². The van der Waals surface area contributed by atoms with Gasteiger partial charge in [-0.2, -0.15) is 0 Å². The molecule has 1 heterocycles. The molecule has 8 nitrogen and oxygen atoms in total. The Morgan fingerprint density at radius 2 is 2.05 bits per heavy atom. The van der Waals surface area contributed by atoms with E-state index in [-0.39, 0.29) is 17.3 Å². The van der Waals surface area contributed by atoms with Gasteiger partial charge in [0.2, 0.25) is 5.78 Å². The van der Waals surface area contributed by atoms with E-state index < -0.39 is 29.6 Å². The van der Waals surface area contributed by atoms with Crippen LogP contribution in [0.25, 0.3) is 0 Å². The number of ketones is 1. The lowest BCUT2D eigenvalue weighted by molar-refractivity contribution is -0.150. The number of anilines is 1. The summed E-state index contributed by atoms with van der Waals surface area (Å²) in [6, 6.07) is 0. The Labute approximate surface area is 113 Å². The van der Waals surface area contributed by atoms with E-state index in [1.165, 1.54) is 7.05 Å². The maximum absolute atomic E-state index is 11.9. The molecule has 1 saturated carbocycles. The summed E-state index contributed by atoms with van der Waals surface area (Å²) in [7, 11) is 1.32. The van der Waals surface area contributed by atoms with Gasteiger partial charge in [0.25, 0.3) is 5.56 Å². The molecule has 1 fully saturated rings. The molecule has 108 valence electrons. The fraction of sp³-hybridized carbons (Fsp3) is 0.500. The topological polar surface area (TPSA) is 124 Å². The number of ether oxygens (including phenoxy) is 1. The number of carbonyl (C=O) groups excluding carboxylic acids is 2. The predicted molar refractivity (Wildman–Crippen MR) is 69.3 cm³/mol. The van der Waals surface area contributed by atoms with Crippen molar-refractivity contribution in [2.24, 2.45) is 13.0 Å². The van der Waals surface area contributed by atoms with E-state index in [4.69, 9.17) is 10.5 Å². The zero-order chi connectivity index (χ0) is 14.9. The maximum Gasteiger partial charge on any atom is 0.329 e. The SMILES string of the molecule is Cn1c(N)c(C(=O)COC(=O)C2CCC2)c(=O)[nH]c1=O. The summed E-state index contributed by atoms with van der Waals surface area (Å²) in [6.45, 7) is -0.555. The molecule has 0 spiro atoms. The summed E-state index contributed by atoms with van der Waals surface area (Å²) in [5, 5.41) is 0. The maximum atomic E-state index is 11.9. The number of carbonyl (C=O) groups is 2. The van der Waals surface area contributed by atoms with Crippen LogP contribution in [0.1, 0.15) is 29.6 Å². The Hall–Kier alpha value is -2.38. The first-order chi connectivity index (χ1) is 9.41. The second-order valence-electron chi connectivity index (χ2n) is 4.74. The number of aromatic nitrogens is 2. The molecule has 1 aliphatic rings. The zero-order valence-corrected chi connectivity index (χ0v) is 11.0. The lowest BCUT2D eigenvalue weighted by atomic mass is 9.86. The molecule has 0 unspecified atom stereocenters. The Morgan fingerprint density at radius 1 is 1.40 bits per heavy atom. The first-order valence-electron chi connectivity index (χ1n) is 6.20. The minimum absolute atomic E-state index is 0.154. The van der Waals surface area contributed by atoms with Crippen LogP contribution in [0.4, 0.5) is 5.82 Å². The molecule has 1 aliphatic carbocycles. The van der Waals surface area contributed by atoms with Gasteiger partial charge in [-0.1, -0.05) is 6.42 Å². The summed E-state index contributed by atoms with van der Waals surface area (Å²) < 4.78 is 5.80. The van der Waals surface area contributed by atoms with Gasteiger partial charge in [0.05, 0.1) is 5.92 Å². The molecule has 3 N–H and O–H groups in total. The predicted octanol–water partition coefficient (Wildman–Crippen LogP) is -0.818. The Balaban J connectivity index is 2.13. The smallest absolute Gasteiger partial charge is 0.329 e. The van der Waals surface area contributed by atoms with Gasteiger partial charge in [0.1, 0.15) is 11.4 Å². The van der Waals surface area contributed by atoms with Crippen LogP contribution in [-0.2, 0) is 16.6 Å². The monoisotopic (exact) mass is 281 g/mol. The number of hydrogen-bond donors (Lipinski definition) is 2. The number of nitrogen functional groups attached to an aromatic ring is 1. The van der Waals surface area contributed by atoms with Crippen molar-refractivity contribution in [2.75, 3.05) is 12.3 Å². The van der Waals surface area contributed by atoms with Gasteiger partial charge in [-0.15, -0.1) is 0 Å². The van der Waals surface area contributed by atoms with E-state index in [1.807, 2.05) is 4.98 Å². The molecule has 0 atom stereocenters. The van der Waals surface area contributed by atoms with Crippen LogP contribution in [-0.4, -0.2) is 27.9 Å².